The molecule has 1 aliphatic heterocycles. The molecule has 0 aromatic heterocycles. The lowest BCUT2D eigenvalue weighted by atomic mass is 10.1. The molecule has 0 aliphatic carbocycles. The molecule has 1 N–H and O–H groups in total. The first-order chi connectivity index (χ1) is 6.75. The third-order valence-electron chi connectivity index (χ3n) is 2.72. The average molecular weight is 191 g/mol. The van der Waals surface area contributed by atoms with Crippen LogP contribution in [0.4, 0.5) is 0 Å². The normalized spacial score (nSPS) is 16.7. The van der Waals surface area contributed by atoms with E-state index in [0.717, 1.165) is 19.8 Å². The first kappa shape index (κ1) is 9.69. The molecule has 0 bridgehead atoms. The van der Waals surface area contributed by atoms with Gasteiger partial charge in [0.25, 0.3) is 0 Å². The molecule has 0 unspecified atom stereocenters. The first-order valence-corrected chi connectivity index (χ1v) is 5.13. The lowest BCUT2D eigenvalue weighted by Crippen LogP contribution is -2.45. The summed E-state index contributed by atoms with van der Waals surface area (Å²) in [6, 6.07) is 7.17. The van der Waals surface area contributed by atoms with Crippen molar-refractivity contribution in [3.8, 4) is 0 Å². The predicted molar refractivity (Wildman–Crippen MR) is 57.4 cm³/mol. The lowest BCUT2D eigenvalue weighted by molar-refractivity contribution is -0.00580. The van der Waals surface area contributed by atoms with Gasteiger partial charge in [-0.15, -0.1) is 0 Å². The SMILES string of the molecule is Cc1ccc(CNC2COC2)c(C)c1. The van der Waals surface area contributed by atoms with E-state index >= 15 is 0 Å². The van der Waals surface area contributed by atoms with Gasteiger partial charge < -0.3 is 10.1 Å². The minimum Gasteiger partial charge on any atom is -0.378 e. The molecule has 2 heteroatoms. The molecule has 0 atom stereocenters. The summed E-state index contributed by atoms with van der Waals surface area (Å²) in [5.74, 6) is 0. The molecule has 2 rings (SSSR count). The van der Waals surface area contributed by atoms with Crippen molar-refractivity contribution in [2.24, 2.45) is 0 Å². The van der Waals surface area contributed by atoms with Crippen LogP contribution >= 0.6 is 0 Å². The standard InChI is InChI=1S/C12H17NO/c1-9-3-4-11(10(2)5-9)6-13-12-7-14-8-12/h3-5,12-13H,6-8H2,1-2H3. The van der Waals surface area contributed by atoms with Gasteiger partial charge in [-0.05, 0) is 25.0 Å². The monoisotopic (exact) mass is 191 g/mol. The molecule has 2 nitrogen and oxygen atoms in total. The van der Waals surface area contributed by atoms with Gasteiger partial charge in [0.15, 0.2) is 0 Å². The molecular weight excluding hydrogens is 174 g/mol. The summed E-state index contributed by atoms with van der Waals surface area (Å²) in [7, 11) is 0. The van der Waals surface area contributed by atoms with Gasteiger partial charge in [0.05, 0.1) is 19.3 Å². The van der Waals surface area contributed by atoms with E-state index < -0.39 is 0 Å². The van der Waals surface area contributed by atoms with E-state index in [-0.39, 0.29) is 0 Å². The largest absolute Gasteiger partial charge is 0.378 e. The maximum Gasteiger partial charge on any atom is 0.0643 e. The minimum absolute atomic E-state index is 0.565. The first-order valence-electron chi connectivity index (χ1n) is 5.13. The number of ether oxygens (including phenoxy) is 1. The Morgan fingerprint density at radius 3 is 2.71 bits per heavy atom. The van der Waals surface area contributed by atoms with Crippen LogP contribution in [0.1, 0.15) is 16.7 Å². The van der Waals surface area contributed by atoms with Gasteiger partial charge in [-0.25, -0.2) is 0 Å². The van der Waals surface area contributed by atoms with E-state index in [2.05, 4.69) is 37.4 Å². The van der Waals surface area contributed by atoms with E-state index in [1.54, 1.807) is 0 Å². The quantitative estimate of drug-likeness (QED) is 0.786. The van der Waals surface area contributed by atoms with Crippen LogP contribution in [-0.4, -0.2) is 19.3 Å². The van der Waals surface area contributed by atoms with Crippen molar-refractivity contribution in [3.63, 3.8) is 0 Å². The fourth-order valence-electron chi connectivity index (χ4n) is 1.65. The molecule has 1 aliphatic rings. The molecule has 1 aromatic carbocycles. The predicted octanol–water partition coefficient (Wildman–Crippen LogP) is 1.79. The molecule has 1 aromatic rings. The highest BCUT2D eigenvalue weighted by Gasteiger charge is 2.17. The van der Waals surface area contributed by atoms with Crippen molar-refractivity contribution in [1.82, 2.24) is 5.32 Å². The molecule has 14 heavy (non-hydrogen) atoms. The second-order valence-corrected chi connectivity index (χ2v) is 4.05. The summed E-state index contributed by atoms with van der Waals surface area (Å²) in [5, 5.41) is 3.47. The fraction of sp³-hybridized carbons (Fsp3) is 0.500. The van der Waals surface area contributed by atoms with Crippen LogP contribution in [0, 0.1) is 13.8 Å². The van der Waals surface area contributed by atoms with Crippen molar-refractivity contribution in [2.45, 2.75) is 26.4 Å². The third-order valence-corrected chi connectivity index (χ3v) is 2.72. The zero-order valence-corrected chi connectivity index (χ0v) is 8.84. The Bertz CT molecular complexity index is 318. The van der Waals surface area contributed by atoms with Crippen LogP contribution in [-0.2, 0) is 11.3 Å². The van der Waals surface area contributed by atoms with Gasteiger partial charge in [0.2, 0.25) is 0 Å². The Labute approximate surface area is 85.3 Å². The Morgan fingerprint density at radius 2 is 2.14 bits per heavy atom. The molecule has 0 radical (unpaired) electrons. The summed E-state index contributed by atoms with van der Waals surface area (Å²) in [6.07, 6.45) is 0. The number of hydrogen-bond acceptors (Lipinski definition) is 2. The van der Waals surface area contributed by atoms with Crippen LogP contribution in [0.15, 0.2) is 18.2 Å². The Balaban J connectivity index is 1.94. The Morgan fingerprint density at radius 1 is 1.36 bits per heavy atom. The Hall–Kier alpha value is -0.860. The summed E-state index contributed by atoms with van der Waals surface area (Å²) >= 11 is 0. The number of rotatable bonds is 3. The van der Waals surface area contributed by atoms with E-state index in [4.69, 9.17) is 4.74 Å². The average Bonchev–Trinajstić information content (AvgIpc) is 2.05. The molecule has 76 valence electrons. The van der Waals surface area contributed by atoms with Crippen molar-refractivity contribution < 1.29 is 4.74 Å². The van der Waals surface area contributed by atoms with Crippen molar-refractivity contribution in [3.05, 3.63) is 34.9 Å². The fourth-order valence-corrected chi connectivity index (χ4v) is 1.65. The molecule has 1 heterocycles. The van der Waals surface area contributed by atoms with E-state index in [9.17, 15) is 0 Å². The van der Waals surface area contributed by atoms with Gasteiger partial charge >= 0.3 is 0 Å². The highest BCUT2D eigenvalue weighted by Crippen LogP contribution is 2.11. The summed E-state index contributed by atoms with van der Waals surface area (Å²) in [5.41, 5.74) is 4.10. The molecular formula is C12H17NO. The second kappa shape index (κ2) is 4.11. The van der Waals surface area contributed by atoms with E-state index in [1.807, 2.05) is 0 Å². The van der Waals surface area contributed by atoms with Crippen LogP contribution in [0.25, 0.3) is 0 Å². The summed E-state index contributed by atoms with van der Waals surface area (Å²) in [6.45, 7) is 6.99. The van der Waals surface area contributed by atoms with Crippen LogP contribution in [0.5, 0.6) is 0 Å². The minimum atomic E-state index is 0.565. The van der Waals surface area contributed by atoms with Crippen molar-refractivity contribution >= 4 is 0 Å². The van der Waals surface area contributed by atoms with Gasteiger partial charge in [0, 0.05) is 6.54 Å². The highest BCUT2D eigenvalue weighted by molar-refractivity contribution is 5.30. The molecule has 1 fully saturated rings. The van der Waals surface area contributed by atoms with Crippen LogP contribution < -0.4 is 5.32 Å². The lowest BCUT2D eigenvalue weighted by Gasteiger charge is -2.27. The van der Waals surface area contributed by atoms with E-state index in [1.165, 1.54) is 16.7 Å². The molecule has 0 amide bonds. The smallest absolute Gasteiger partial charge is 0.0643 e. The zero-order valence-electron chi connectivity index (χ0n) is 8.84. The summed E-state index contributed by atoms with van der Waals surface area (Å²) in [4.78, 5) is 0. The van der Waals surface area contributed by atoms with Gasteiger partial charge in [-0.1, -0.05) is 23.8 Å². The van der Waals surface area contributed by atoms with Crippen LogP contribution in [0.3, 0.4) is 0 Å². The number of benzene rings is 1. The molecule has 0 spiro atoms. The van der Waals surface area contributed by atoms with Crippen molar-refractivity contribution in [2.75, 3.05) is 13.2 Å². The van der Waals surface area contributed by atoms with Crippen LogP contribution in [0.2, 0.25) is 0 Å². The Kier molecular flexibility index (Phi) is 2.85. The third kappa shape index (κ3) is 2.14. The van der Waals surface area contributed by atoms with Gasteiger partial charge in [-0.2, -0.15) is 0 Å². The maximum atomic E-state index is 5.11. The van der Waals surface area contributed by atoms with Gasteiger partial charge in [0.1, 0.15) is 0 Å². The number of hydrogen-bond donors (Lipinski definition) is 1. The van der Waals surface area contributed by atoms with E-state index in [0.29, 0.717) is 6.04 Å². The highest BCUT2D eigenvalue weighted by atomic mass is 16.5. The van der Waals surface area contributed by atoms with Gasteiger partial charge in [-0.3, -0.25) is 0 Å². The number of aryl methyl sites for hydroxylation is 2. The molecule has 1 saturated heterocycles. The topological polar surface area (TPSA) is 21.3 Å². The zero-order chi connectivity index (χ0) is 9.97. The number of nitrogens with one attached hydrogen (secondary N) is 1. The van der Waals surface area contributed by atoms with Crippen molar-refractivity contribution in [1.29, 1.82) is 0 Å². The second-order valence-electron chi connectivity index (χ2n) is 4.05. The maximum absolute atomic E-state index is 5.11. The summed E-state index contributed by atoms with van der Waals surface area (Å²) < 4.78 is 5.11. The molecule has 0 saturated carbocycles.